The maximum Gasteiger partial charge on any atom is 0.247 e. The topological polar surface area (TPSA) is 101 Å². The Morgan fingerprint density at radius 1 is 1.05 bits per heavy atom. The van der Waals surface area contributed by atoms with Crippen LogP contribution in [-0.2, 0) is 21.6 Å². The number of aromatic nitrogens is 1. The van der Waals surface area contributed by atoms with Crippen LogP contribution < -0.4 is 15.5 Å². The molecule has 4 aromatic rings. The largest absolute Gasteiger partial charge is 0.489 e. The Balaban J connectivity index is 1.40. The fraction of sp³-hybridized carbons (Fsp3) is 0.233. The van der Waals surface area contributed by atoms with Crippen molar-refractivity contribution in [1.29, 1.82) is 0 Å². The van der Waals surface area contributed by atoms with E-state index in [2.05, 4.69) is 10.3 Å². The SMILES string of the molecule is Cc1cc(COc2cccc([C@@]3(C(=O)N[C@@H](C)c4ccccc4)C[C@H]3C(=O)NO)c2)c2ccccc2n1. The van der Waals surface area contributed by atoms with Crippen molar-refractivity contribution in [1.82, 2.24) is 15.8 Å². The van der Waals surface area contributed by atoms with Gasteiger partial charge in [-0.15, -0.1) is 0 Å². The number of aryl methyl sites for hydroxylation is 1. The number of pyridine rings is 1. The summed E-state index contributed by atoms with van der Waals surface area (Å²) in [6, 6.07) is 26.6. The van der Waals surface area contributed by atoms with Gasteiger partial charge in [-0.05, 0) is 55.7 Å². The summed E-state index contributed by atoms with van der Waals surface area (Å²) in [7, 11) is 0. The summed E-state index contributed by atoms with van der Waals surface area (Å²) in [5.74, 6) is -0.921. The Hall–Kier alpha value is -4.23. The van der Waals surface area contributed by atoms with Crippen molar-refractivity contribution >= 4 is 22.7 Å². The van der Waals surface area contributed by atoms with Gasteiger partial charge in [0.2, 0.25) is 11.8 Å². The summed E-state index contributed by atoms with van der Waals surface area (Å²) >= 11 is 0. The number of fused-ring (bicyclic) bond motifs is 1. The molecular formula is C30H29N3O4. The minimum Gasteiger partial charge on any atom is -0.489 e. The number of carbonyl (C=O) groups excluding carboxylic acids is 2. The number of hydrogen-bond acceptors (Lipinski definition) is 5. The van der Waals surface area contributed by atoms with Crippen molar-refractivity contribution in [3.05, 3.63) is 107 Å². The molecule has 2 amide bonds. The second-order valence-corrected chi connectivity index (χ2v) is 9.57. The standard InChI is InChI=1S/C30H29N3O4/c1-19-15-22(25-13-6-7-14-27(25)31-19)18-37-24-12-8-11-23(16-24)30(17-26(30)28(34)33-36)29(35)32-20(2)21-9-4-3-5-10-21/h3-16,20,26,36H,17-18H2,1-2H3,(H,32,35)(H,33,34)/t20-,26-,30-/m0/s1. The van der Waals surface area contributed by atoms with Gasteiger partial charge in [0.25, 0.3) is 0 Å². The number of hydrogen-bond donors (Lipinski definition) is 3. The van der Waals surface area contributed by atoms with Gasteiger partial charge in [0.1, 0.15) is 12.4 Å². The monoisotopic (exact) mass is 495 g/mol. The molecule has 3 N–H and O–H groups in total. The maximum atomic E-state index is 13.6. The van der Waals surface area contributed by atoms with E-state index in [1.165, 1.54) is 0 Å². The molecule has 0 aliphatic heterocycles. The van der Waals surface area contributed by atoms with Crippen LogP contribution in [0.4, 0.5) is 0 Å². The number of hydroxylamine groups is 1. The van der Waals surface area contributed by atoms with E-state index in [1.54, 1.807) is 5.48 Å². The van der Waals surface area contributed by atoms with Gasteiger partial charge in [-0.1, -0.05) is 60.7 Å². The van der Waals surface area contributed by atoms with Crippen LogP contribution in [0, 0.1) is 12.8 Å². The van der Waals surface area contributed by atoms with E-state index in [0.29, 0.717) is 24.3 Å². The lowest BCUT2D eigenvalue weighted by Crippen LogP contribution is -2.40. The van der Waals surface area contributed by atoms with Gasteiger partial charge in [-0.25, -0.2) is 5.48 Å². The highest BCUT2D eigenvalue weighted by molar-refractivity contribution is 6.00. The minimum atomic E-state index is -1.09. The van der Waals surface area contributed by atoms with Gasteiger partial charge in [0.05, 0.1) is 22.9 Å². The molecule has 7 nitrogen and oxygen atoms in total. The van der Waals surface area contributed by atoms with Crippen LogP contribution >= 0.6 is 0 Å². The quantitative estimate of drug-likeness (QED) is 0.242. The molecule has 0 unspecified atom stereocenters. The number of amides is 2. The summed E-state index contributed by atoms with van der Waals surface area (Å²) in [6.45, 7) is 4.19. The third-order valence-corrected chi connectivity index (χ3v) is 7.11. The van der Waals surface area contributed by atoms with E-state index in [9.17, 15) is 14.8 Å². The lowest BCUT2D eigenvalue weighted by atomic mass is 9.91. The van der Waals surface area contributed by atoms with Crippen molar-refractivity contribution < 1.29 is 19.5 Å². The van der Waals surface area contributed by atoms with Crippen LogP contribution in [0.1, 0.15) is 41.8 Å². The molecule has 1 fully saturated rings. The smallest absolute Gasteiger partial charge is 0.247 e. The second-order valence-electron chi connectivity index (χ2n) is 9.57. The van der Waals surface area contributed by atoms with E-state index < -0.39 is 17.2 Å². The molecule has 1 saturated carbocycles. The molecule has 1 aliphatic rings. The lowest BCUT2D eigenvalue weighted by molar-refractivity contribution is -0.133. The molecule has 3 atom stereocenters. The molecule has 1 aromatic heterocycles. The predicted octanol–water partition coefficient (Wildman–Crippen LogP) is 4.76. The van der Waals surface area contributed by atoms with E-state index in [-0.39, 0.29) is 11.9 Å². The fourth-order valence-electron chi connectivity index (χ4n) is 5.05. The number of carbonyl (C=O) groups is 2. The number of benzene rings is 3. The Kier molecular flexibility index (Phi) is 6.63. The van der Waals surface area contributed by atoms with Crippen LogP contribution in [0.3, 0.4) is 0 Å². The first-order valence-electron chi connectivity index (χ1n) is 12.3. The van der Waals surface area contributed by atoms with Gasteiger partial charge < -0.3 is 10.1 Å². The molecule has 0 radical (unpaired) electrons. The van der Waals surface area contributed by atoms with Crippen molar-refractivity contribution in [3.63, 3.8) is 0 Å². The van der Waals surface area contributed by atoms with E-state index in [4.69, 9.17) is 4.74 Å². The van der Waals surface area contributed by atoms with Crippen molar-refractivity contribution in [2.45, 2.75) is 38.3 Å². The van der Waals surface area contributed by atoms with Crippen LogP contribution in [-0.4, -0.2) is 22.0 Å². The Labute approximate surface area is 215 Å². The zero-order valence-electron chi connectivity index (χ0n) is 20.8. The normalized spacial score (nSPS) is 19.2. The molecule has 1 aliphatic carbocycles. The second kappa shape index (κ2) is 10.0. The summed E-state index contributed by atoms with van der Waals surface area (Å²) < 4.78 is 6.16. The predicted molar refractivity (Wildman–Crippen MR) is 140 cm³/mol. The fourth-order valence-corrected chi connectivity index (χ4v) is 5.05. The zero-order valence-corrected chi connectivity index (χ0v) is 20.8. The molecule has 7 heteroatoms. The highest BCUT2D eigenvalue weighted by atomic mass is 16.5. The Morgan fingerprint density at radius 2 is 1.81 bits per heavy atom. The molecule has 37 heavy (non-hydrogen) atoms. The van der Waals surface area contributed by atoms with Crippen LogP contribution in [0.5, 0.6) is 5.75 Å². The van der Waals surface area contributed by atoms with Crippen LogP contribution in [0.2, 0.25) is 0 Å². The van der Waals surface area contributed by atoms with Gasteiger partial charge in [0, 0.05) is 16.6 Å². The number of nitrogens with one attached hydrogen (secondary N) is 2. The van der Waals surface area contributed by atoms with Crippen LogP contribution in [0.15, 0.2) is 84.9 Å². The Bertz CT molecular complexity index is 1460. The molecule has 1 heterocycles. The first kappa shape index (κ1) is 24.5. The summed E-state index contributed by atoms with van der Waals surface area (Å²) in [6.07, 6.45) is 0.296. The molecule has 5 rings (SSSR count). The highest BCUT2D eigenvalue weighted by Crippen LogP contribution is 2.55. The van der Waals surface area contributed by atoms with Crippen molar-refractivity contribution in [3.8, 4) is 5.75 Å². The molecular weight excluding hydrogens is 466 g/mol. The van der Waals surface area contributed by atoms with Crippen LogP contribution in [0.25, 0.3) is 10.9 Å². The molecule has 188 valence electrons. The van der Waals surface area contributed by atoms with Gasteiger partial charge in [-0.2, -0.15) is 0 Å². The van der Waals surface area contributed by atoms with Crippen molar-refractivity contribution in [2.24, 2.45) is 5.92 Å². The molecule has 0 bridgehead atoms. The van der Waals surface area contributed by atoms with Gasteiger partial charge >= 0.3 is 0 Å². The van der Waals surface area contributed by atoms with Gasteiger partial charge in [-0.3, -0.25) is 19.8 Å². The minimum absolute atomic E-state index is 0.244. The number of rotatable bonds is 8. The maximum absolute atomic E-state index is 13.6. The number of ether oxygens (including phenoxy) is 1. The summed E-state index contributed by atoms with van der Waals surface area (Å²) in [4.78, 5) is 30.6. The zero-order chi connectivity index (χ0) is 26.0. The average molecular weight is 496 g/mol. The average Bonchev–Trinajstić information content (AvgIpc) is 3.69. The third kappa shape index (κ3) is 4.78. The summed E-state index contributed by atoms with van der Waals surface area (Å²) in [5.41, 5.74) is 5.10. The molecule has 0 saturated heterocycles. The molecule has 3 aromatic carbocycles. The first-order valence-corrected chi connectivity index (χ1v) is 12.3. The van der Waals surface area contributed by atoms with E-state index >= 15 is 0 Å². The van der Waals surface area contributed by atoms with Crippen molar-refractivity contribution in [2.75, 3.05) is 0 Å². The third-order valence-electron chi connectivity index (χ3n) is 7.11. The summed E-state index contributed by atoms with van der Waals surface area (Å²) in [5, 5.41) is 13.4. The lowest BCUT2D eigenvalue weighted by Gasteiger charge is -2.22. The first-order chi connectivity index (χ1) is 17.9. The van der Waals surface area contributed by atoms with E-state index in [0.717, 1.165) is 27.7 Å². The van der Waals surface area contributed by atoms with E-state index in [1.807, 2.05) is 98.8 Å². The van der Waals surface area contributed by atoms with Gasteiger partial charge in [0.15, 0.2) is 0 Å². The number of para-hydroxylation sites is 1. The number of nitrogens with zero attached hydrogens (tertiary/aromatic N) is 1. The molecule has 0 spiro atoms. The highest BCUT2D eigenvalue weighted by Gasteiger charge is 2.64. The Morgan fingerprint density at radius 3 is 2.59 bits per heavy atom.